The van der Waals surface area contributed by atoms with Crippen LogP contribution < -0.4 is 5.73 Å². The highest BCUT2D eigenvalue weighted by Gasteiger charge is 2.14. The fraction of sp³-hybridized carbons (Fsp3) is 0.625. The van der Waals surface area contributed by atoms with Crippen molar-refractivity contribution in [2.75, 3.05) is 6.54 Å². The predicted octanol–water partition coefficient (Wildman–Crippen LogP) is 3.87. The molecule has 0 bridgehead atoms. The van der Waals surface area contributed by atoms with E-state index in [0.717, 1.165) is 12.5 Å². The van der Waals surface area contributed by atoms with Crippen molar-refractivity contribution < 1.29 is 0 Å². The predicted molar refractivity (Wildman–Crippen MR) is 74.2 cm³/mol. The molecule has 1 heteroatoms. The summed E-state index contributed by atoms with van der Waals surface area (Å²) in [6.07, 6.45) is 8.44. The van der Waals surface area contributed by atoms with Crippen LogP contribution in [0.4, 0.5) is 0 Å². The maximum absolute atomic E-state index is 5.74. The average molecular weight is 231 g/mol. The maximum Gasteiger partial charge on any atom is -0.00109 e. The third-order valence-electron chi connectivity index (χ3n) is 4.12. The molecule has 0 aliphatic heterocycles. The van der Waals surface area contributed by atoms with Gasteiger partial charge in [0.25, 0.3) is 0 Å². The Labute approximate surface area is 105 Å². The van der Waals surface area contributed by atoms with Crippen molar-refractivity contribution >= 4 is 0 Å². The van der Waals surface area contributed by atoms with Crippen LogP contribution in [0.5, 0.6) is 0 Å². The first-order valence-electron chi connectivity index (χ1n) is 7.08. The lowest BCUT2D eigenvalue weighted by Crippen LogP contribution is -2.11. The van der Waals surface area contributed by atoms with Crippen molar-refractivity contribution in [1.82, 2.24) is 0 Å². The van der Waals surface area contributed by atoms with E-state index in [1.54, 1.807) is 0 Å². The molecule has 1 aliphatic carbocycles. The lowest BCUT2D eigenvalue weighted by Gasteiger charge is -2.22. The lowest BCUT2D eigenvalue weighted by atomic mass is 9.84. The Balaban J connectivity index is 2.00. The molecular formula is C16H25N. The highest BCUT2D eigenvalue weighted by molar-refractivity contribution is 5.26. The van der Waals surface area contributed by atoms with Crippen LogP contribution in [0.1, 0.15) is 56.1 Å². The maximum atomic E-state index is 5.74. The Morgan fingerprint density at radius 3 is 2.71 bits per heavy atom. The molecule has 1 aromatic rings. The third-order valence-corrected chi connectivity index (χ3v) is 4.12. The molecule has 94 valence electrons. The van der Waals surface area contributed by atoms with E-state index < -0.39 is 0 Å². The molecule has 17 heavy (non-hydrogen) atoms. The quantitative estimate of drug-likeness (QED) is 0.836. The SMILES string of the molecule is CC(CN)c1cccc(CC2CCCCC2)c1. The minimum absolute atomic E-state index is 0.487. The zero-order chi connectivity index (χ0) is 12.1. The minimum atomic E-state index is 0.487. The first-order valence-corrected chi connectivity index (χ1v) is 7.08. The topological polar surface area (TPSA) is 26.0 Å². The van der Waals surface area contributed by atoms with Gasteiger partial charge in [-0.3, -0.25) is 0 Å². The lowest BCUT2D eigenvalue weighted by molar-refractivity contribution is 0.356. The molecule has 2 N–H and O–H groups in total. The Morgan fingerprint density at radius 1 is 1.24 bits per heavy atom. The van der Waals surface area contributed by atoms with Crippen molar-refractivity contribution in [2.45, 2.75) is 51.4 Å². The van der Waals surface area contributed by atoms with E-state index in [9.17, 15) is 0 Å². The zero-order valence-electron chi connectivity index (χ0n) is 11.0. The fourth-order valence-corrected chi connectivity index (χ4v) is 2.89. The minimum Gasteiger partial charge on any atom is -0.330 e. The Kier molecular flexibility index (Phi) is 4.61. The summed E-state index contributed by atoms with van der Waals surface area (Å²) >= 11 is 0. The number of hydrogen-bond donors (Lipinski definition) is 1. The van der Waals surface area contributed by atoms with E-state index in [0.29, 0.717) is 5.92 Å². The first-order chi connectivity index (χ1) is 8.29. The molecular weight excluding hydrogens is 206 g/mol. The Morgan fingerprint density at radius 2 is 2.00 bits per heavy atom. The van der Waals surface area contributed by atoms with Crippen LogP contribution >= 0.6 is 0 Å². The second kappa shape index (κ2) is 6.20. The molecule has 0 aromatic heterocycles. The molecule has 1 nitrogen and oxygen atoms in total. The second-order valence-electron chi connectivity index (χ2n) is 5.59. The standard InChI is InChI=1S/C16H25N/c1-13(12-17)16-9-5-8-15(11-16)10-14-6-3-2-4-7-14/h5,8-9,11,13-14H,2-4,6-7,10,12,17H2,1H3. The van der Waals surface area contributed by atoms with Crippen LogP contribution in [-0.2, 0) is 6.42 Å². The average Bonchev–Trinajstić information content (AvgIpc) is 2.39. The molecule has 0 spiro atoms. The van der Waals surface area contributed by atoms with Crippen LogP contribution in [0, 0.1) is 5.92 Å². The van der Waals surface area contributed by atoms with Crippen LogP contribution in [-0.4, -0.2) is 6.54 Å². The zero-order valence-corrected chi connectivity index (χ0v) is 11.0. The van der Waals surface area contributed by atoms with Gasteiger partial charge >= 0.3 is 0 Å². The molecule has 1 aromatic carbocycles. The van der Waals surface area contributed by atoms with Crippen molar-refractivity contribution in [3.8, 4) is 0 Å². The highest BCUT2D eigenvalue weighted by Crippen LogP contribution is 2.27. The summed E-state index contributed by atoms with van der Waals surface area (Å²) in [6.45, 7) is 2.95. The molecule has 0 radical (unpaired) electrons. The summed E-state index contributed by atoms with van der Waals surface area (Å²) in [5.41, 5.74) is 8.65. The van der Waals surface area contributed by atoms with E-state index in [-0.39, 0.29) is 0 Å². The number of nitrogens with two attached hydrogens (primary N) is 1. The molecule has 2 rings (SSSR count). The van der Waals surface area contributed by atoms with Crippen molar-refractivity contribution in [1.29, 1.82) is 0 Å². The largest absolute Gasteiger partial charge is 0.330 e. The second-order valence-corrected chi connectivity index (χ2v) is 5.59. The van der Waals surface area contributed by atoms with E-state index in [2.05, 4.69) is 31.2 Å². The molecule has 1 aliphatic rings. The van der Waals surface area contributed by atoms with Gasteiger partial charge in [-0.1, -0.05) is 63.3 Å². The molecule has 1 fully saturated rings. The first kappa shape index (κ1) is 12.6. The van der Waals surface area contributed by atoms with Gasteiger partial charge in [-0.15, -0.1) is 0 Å². The van der Waals surface area contributed by atoms with Crippen molar-refractivity contribution in [2.24, 2.45) is 11.7 Å². The van der Waals surface area contributed by atoms with Gasteiger partial charge in [0.2, 0.25) is 0 Å². The van der Waals surface area contributed by atoms with Gasteiger partial charge < -0.3 is 5.73 Å². The number of benzene rings is 1. The normalized spacial score (nSPS) is 19.2. The summed E-state index contributed by atoms with van der Waals surface area (Å²) in [4.78, 5) is 0. The molecule has 0 heterocycles. The van der Waals surface area contributed by atoms with Gasteiger partial charge in [-0.2, -0.15) is 0 Å². The van der Waals surface area contributed by atoms with Crippen LogP contribution in [0.15, 0.2) is 24.3 Å². The van der Waals surface area contributed by atoms with E-state index in [4.69, 9.17) is 5.73 Å². The molecule has 1 saturated carbocycles. The van der Waals surface area contributed by atoms with Gasteiger partial charge in [-0.25, -0.2) is 0 Å². The third kappa shape index (κ3) is 3.57. The smallest absolute Gasteiger partial charge is 0.00109 e. The summed E-state index contributed by atoms with van der Waals surface area (Å²) in [5, 5.41) is 0. The van der Waals surface area contributed by atoms with Gasteiger partial charge in [-0.05, 0) is 35.9 Å². The van der Waals surface area contributed by atoms with Gasteiger partial charge in [0.05, 0.1) is 0 Å². The highest BCUT2D eigenvalue weighted by atomic mass is 14.5. The van der Waals surface area contributed by atoms with E-state index >= 15 is 0 Å². The van der Waals surface area contributed by atoms with Crippen LogP contribution in [0.2, 0.25) is 0 Å². The number of rotatable bonds is 4. The van der Waals surface area contributed by atoms with Crippen molar-refractivity contribution in [3.63, 3.8) is 0 Å². The molecule has 0 amide bonds. The monoisotopic (exact) mass is 231 g/mol. The van der Waals surface area contributed by atoms with Crippen LogP contribution in [0.25, 0.3) is 0 Å². The summed E-state index contributed by atoms with van der Waals surface area (Å²) < 4.78 is 0. The Hall–Kier alpha value is -0.820. The van der Waals surface area contributed by atoms with Gasteiger partial charge in [0.1, 0.15) is 0 Å². The molecule has 1 atom stereocenters. The Bertz CT molecular complexity index is 339. The summed E-state index contributed by atoms with van der Waals surface area (Å²) in [5.74, 6) is 1.41. The van der Waals surface area contributed by atoms with E-state index in [1.807, 2.05) is 0 Å². The number of hydrogen-bond acceptors (Lipinski definition) is 1. The van der Waals surface area contributed by atoms with Crippen LogP contribution in [0.3, 0.4) is 0 Å². The summed E-state index contributed by atoms with van der Waals surface area (Å²) in [6, 6.07) is 9.05. The van der Waals surface area contributed by atoms with Gasteiger partial charge in [0.15, 0.2) is 0 Å². The van der Waals surface area contributed by atoms with Crippen molar-refractivity contribution in [3.05, 3.63) is 35.4 Å². The summed E-state index contributed by atoms with van der Waals surface area (Å²) in [7, 11) is 0. The molecule has 1 unspecified atom stereocenters. The molecule has 0 saturated heterocycles. The fourth-order valence-electron chi connectivity index (χ4n) is 2.89. The van der Waals surface area contributed by atoms with Gasteiger partial charge in [0, 0.05) is 0 Å². The van der Waals surface area contributed by atoms with E-state index in [1.165, 1.54) is 49.7 Å².